The van der Waals surface area contributed by atoms with Crippen molar-refractivity contribution in [3.8, 4) is 0 Å². The maximum absolute atomic E-state index is 12.3. The zero-order chi connectivity index (χ0) is 15.6. The summed E-state index contributed by atoms with van der Waals surface area (Å²) in [6.45, 7) is 10.3. The highest BCUT2D eigenvalue weighted by atomic mass is 28.4. The molecule has 120 valence electrons. The van der Waals surface area contributed by atoms with Gasteiger partial charge in [0.15, 0.2) is 14.1 Å². The minimum Gasteiger partial charge on any atom is -0.412 e. The molecule has 0 amide bonds. The molecule has 0 bridgehead atoms. The maximum Gasteiger partial charge on any atom is 0.198 e. The number of ketones is 1. The average molecular weight is 312 g/mol. The van der Waals surface area contributed by atoms with Crippen LogP contribution in [0, 0.1) is 5.92 Å². The van der Waals surface area contributed by atoms with Crippen LogP contribution < -0.4 is 0 Å². The summed E-state index contributed by atoms with van der Waals surface area (Å²) < 4.78 is 16.7. The third kappa shape index (κ3) is 3.16. The third-order valence-corrected chi connectivity index (χ3v) is 10.8. The Morgan fingerprint density at radius 3 is 2.52 bits per heavy atom. The molecule has 1 fully saturated rings. The van der Waals surface area contributed by atoms with Crippen LogP contribution in [0.3, 0.4) is 0 Å². The molecule has 0 N–H and O–H groups in total. The van der Waals surface area contributed by atoms with E-state index in [0.717, 1.165) is 11.6 Å². The predicted molar refractivity (Wildman–Crippen MR) is 84.7 cm³/mol. The summed E-state index contributed by atoms with van der Waals surface area (Å²) in [4.78, 5) is 12.3. The second kappa shape index (κ2) is 6.73. The van der Waals surface area contributed by atoms with Crippen LogP contribution in [0.2, 0.25) is 17.1 Å². The number of hydrogen-bond acceptors (Lipinski definition) is 4. The van der Waals surface area contributed by atoms with Crippen molar-refractivity contribution in [2.75, 3.05) is 27.1 Å². The predicted octanol–water partition coefficient (Wildman–Crippen LogP) is 3.29. The van der Waals surface area contributed by atoms with E-state index < -0.39 is 8.32 Å². The van der Waals surface area contributed by atoms with Crippen molar-refractivity contribution in [2.45, 2.75) is 51.2 Å². The SMILES string of the molecule is COCOCC1=C2CO[Si](C(C)C)(C(C)C)CC2CC1=O. The van der Waals surface area contributed by atoms with Crippen molar-refractivity contribution in [3.05, 3.63) is 11.1 Å². The van der Waals surface area contributed by atoms with E-state index in [-0.39, 0.29) is 12.6 Å². The molecule has 0 radical (unpaired) electrons. The smallest absolute Gasteiger partial charge is 0.198 e. The number of carbonyl (C=O) groups excluding carboxylic acids is 1. The van der Waals surface area contributed by atoms with Gasteiger partial charge in [0.25, 0.3) is 0 Å². The molecule has 4 nitrogen and oxygen atoms in total. The fourth-order valence-corrected chi connectivity index (χ4v) is 8.47. The molecule has 0 saturated carbocycles. The second-order valence-corrected chi connectivity index (χ2v) is 11.8. The van der Waals surface area contributed by atoms with Crippen molar-refractivity contribution in [3.63, 3.8) is 0 Å². The van der Waals surface area contributed by atoms with Gasteiger partial charge in [-0.1, -0.05) is 27.7 Å². The fourth-order valence-electron chi connectivity index (χ4n) is 3.82. The Morgan fingerprint density at radius 2 is 1.95 bits per heavy atom. The summed E-state index contributed by atoms with van der Waals surface area (Å²) in [6, 6.07) is 1.08. The molecule has 0 aromatic rings. The van der Waals surface area contributed by atoms with E-state index in [1.807, 2.05) is 0 Å². The van der Waals surface area contributed by atoms with Crippen LogP contribution in [0.5, 0.6) is 0 Å². The molecular weight excluding hydrogens is 284 g/mol. The van der Waals surface area contributed by atoms with Crippen LogP contribution in [-0.4, -0.2) is 41.2 Å². The van der Waals surface area contributed by atoms with Crippen LogP contribution in [0.15, 0.2) is 11.1 Å². The molecule has 1 unspecified atom stereocenters. The summed E-state index contributed by atoms with van der Waals surface area (Å²) >= 11 is 0. The van der Waals surface area contributed by atoms with Crippen LogP contribution in [0.4, 0.5) is 0 Å². The summed E-state index contributed by atoms with van der Waals surface area (Å²) in [6.07, 6.45) is 0.651. The Bertz CT molecular complexity index is 420. The van der Waals surface area contributed by atoms with Crippen LogP contribution in [-0.2, 0) is 18.7 Å². The first-order valence-electron chi connectivity index (χ1n) is 7.88. The highest BCUT2D eigenvalue weighted by Gasteiger charge is 2.50. The molecule has 21 heavy (non-hydrogen) atoms. The Morgan fingerprint density at radius 1 is 1.29 bits per heavy atom. The molecule has 1 aliphatic heterocycles. The second-order valence-electron chi connectivity index (χ2n) is 6.84. The summed E-state index contributed by atoms with van der Waals surface area (Å²) in [5.74, 6) is 0.635. The van der Waals surface area contributed by atoms with E-state index in [1.165, 1.54) is 5.57 Å². The Kier molecular flexibility index (Phi) is 5.41. The molecule has 1 heterocycles. The van der Waals surface area contributed by atoms with Crippen molar-refractivity contribution in [2.24, 2.45) is 5.92 Å². The molecule has 2 aliphatic rings. The lowest BCUT2D eigenvalue weighted by Crippen LogP contribution is -2.49. The zero-order valence-electron chi connectivity index (χ0n) is 13.9. The molecule has 1 aliphatic carbocycles. The van der Waals surface area contributed by atoms with Gasteiger partial charge in [0.1, 0.15) is 6.79 Å². The Balaban J connectivity index is 2.15. The number of carbonyl (C=O) groups is 1. The average Bonchev–Trinajstić information content (AvgIpc) is 2.73. The Labute approximate surface area is 129 Å². The standard InChI is InChI=1S/C16H28O4Si/c1-11(2)21(12(3)4)9-13-6-16(17)15(7-19-10-18-5)14(13)8-20-21/h11-13H,6-10H2,1-5H3. The lowest BCUT2D eigenvalue weighted by atomic mass is 10.0. The van der Waals surface area contributed by atoms with Gasteiger partial charge in [0.2, 0.25) is 0 Å². The van der Waals surface area contributed by atoms with Crippen LogP contribution >= 0.6 is 0 Å². The van der Waals surface area contributed by atoms with Crippen LogP contribution in [0.1, 0.15) is 34.1 Å². The quantitative estimate of drug-likeness (QED) is 0.429. The van der Waals surface area contributed by atoms with Crippen LogP contribution in [0.25, 0.3) is 0 Å². The Hall–Kier alpha value is -0.493. The van der Waals surface area contributed by atoms with Gasteiger partial charge in [-0.2, -0.15) is 0 Å². The van der Waals surface area contributed by atoms with Gasteiger partial charge in [0.05, 0.1) is 13.2 Å². The van der Waals surface area contributed by atoms with Crippen molar-refractivity contribution >= 4 is 14.1 Å². The monoisotopic (exact) mass is 312 g/mol. The van der Waals surface area contributed by atoms with Gasteiger partial charge in [-0.25, -0.2) is 0 Å². The van der Waals surface area contributed by atoms with Gasteiger partial charge in [-0.05, 0) is 28.6 Å². The highest BCUT2D eigenvalue weighted by Crippen LogP contribution is 2.48. The molecule has 0 aromatic heterocycles. The zero-order valence-corrected chi connectivity index (χ0v) is 14.9. The summed E-state index contributed by atoms with van der Waals surface area (Å²) in [5, 5.41) is 0. The largest absolute Gasteiger partial charge is 0.412 e. The normalized spacial score (nSPS) is 25.1. The molecule has 1 saturated heterocycles. The summed E-state index contributed by atoms with van der Waals surface area (Å²) in [7, 11) is -0.183. The van der Waals surface area contributed by atoms with Gasteiger partial charge < -0.3 is 13.9 Å². The minimum atomic E-state index is -1.77. The van der Waals surface area contributed by atoms with Crippen molar-refractivity contribution in [1.82, 2.24) is 0 Å². The number of hydrogen-bond donors (Lipinski definition) is 0. The number of rotatable bonds is 6. The maximum atomic E-state index is 12.3. The molecule has 5 heteroatoms. The summed E-state index contributed by atoms with van der Waals surface area (Å²) in [5.41, 5.74) is 3.21. The lowest BCUT2D eigenvalue weighted by molar-refractivity contribution is -0.116. The molecule has 2 rings (SSSR count). The van der Waals surface area contributed by atoms with E-state index in [2.05, 4.69) is 27.7 Å². The first kappa shape index (κ1) is 16.9. The first-order valence-corrected chi connectivity index (χ1v) is 10.1. The minimum absolute atomic E-state index is 0.228. The van der Waals surface area contributed by atoms with Gasteiger partial charge in [0, 0.05) is 19.1 Å². The van der Waals surface area contributed by atoms with E-state index in [0.29, 0.717) is 36.6 Å². The topological polar surface area (TPSA) is 44.8 Å². The first-order chi connectivity index (χ1) is 9.92. The van der Waals surface area contributed by atoms with E-state index in [4.69, 9.17) is 13.9 Å². The number of fused-ring (bicyclic) bond motifs is 1. The number of ether oxygens (including phenoxy) is 2. The highest BCUT2D eigenvalue weighted by molar-refractivity contribution is 6.76. The fraction of sp³-hybridized carbons (Fsp3) is 0.812. The van der Waals surface area contributed by atoms with Gasteiger partial charge in [-0.3, -0.25) is 4.79 Å². The number of methoxy groups -OCH3 is 1. The van der Waals surface area contributed by atoms with E-state index >= 15 is 0 Å². The van der Waals surface area contributed by atoms with Crippen molar-refractivity contribution < 1.29 is 18.7 Å². The van der Waals surface area contributed by atoms with E-state index in [1.54, 1.807) is 7.11 Å². The van der Waals surface area contributed by atoms with Gasteiger partial charge >= 0.3 is 0 Å². The van der Waals surface area contributed by atoms with E-state index in [9.17, 15) is 4.79 Å². The molecule has 1 atom stereocenters. The molecular formula is C16H28O4Si. The van der Waals surface area contributed by atoms with Gasteiger partial charge in [-0.15, -0.1) is 0 Å². The van der Waals surface area contributed by atoms with Crippen molar-refractivity contribution in [1.29, 1.82) is 0 Å². The molecule has 0 spiro atoms. The lowest BCUT2D eigenvalue weighted by Gasteiger charge is -2.44. The molecule has 0 aromatic carbocycles. The number of Topliss-reactive ketones (excluding diaryl/α,β-unsaturated/α-hetero) is 1. The third-order valence-electron chi connectivity index (χ3n) is 5.11.